The van der Waals surface area contributed by atoms with Crippen LogP contribution < -0.4 is 5.32 Å². The number of aryl methyl sites for hydroxylation is 1. The zero-order valence-electron chi connectivity index (χ0n) is 9.64. The lowest BCUT2D eigenvalue weighted by molar-refractivity contribution is 1.12. The molecule has 1 heterocycles. The molecule has 0 aliphatic carbocycles. The van der Waals surface area contributed by atoms with Crippen LogP contribution in [-0.4, -0.2) is 4.98 Å². The Labute approximate surface area is 101 Å². The van der Waals surface area contributed by atoms with Gasteiger partial charge < -0.3 is 5.32 Å². The Morgan fingerprint density at radius 2 is 2.00 bits per heavy atom. The minimum Gasteiger partial charge on any atom is -0.381 e. The van der Waals surface area contributed by atoms with Crippen molar-refractivity contribution in [1.29, 1.82) is 5.26 Å². The minimum absolute atomic E-state index is 0.674. The quantitative estimate of drug-likeness (QED) is 0.870. The van der Waals surface area contributed by atoms with Crippen molar-refractivity contribution in [2.45, 2.75) is 13.5 Å². The Kier molecular flexibility index (Phi) is 3.37. The Hall–Kier alpha value is -2.34. The maximum atomic E-state index is 8.85. The monoisotopic (exact) mass is 223 g/mol. The van der Waals surface area contributed by atoms with Crippen LogP contribution in [0.3, 0.4) is 0 Å². The highest BCUT2D eigenvalue weighted by Gasteiger charge is 2.00. The molecule has 0 fully saturated rings. The highest BCUT2D eigenvalue weighted by Crippen LogP contribution is 2.17. The fourth-order valence-corrected chi connectivity index (χ4v) is 1.58. The van der Waals surface area contributed by atoms with Crippen molar-refractivity contribution in [2.75, 3.05) is 5.32 Å². The van der Waals surface area contributed by atoms with Crippen molar-refractivity contribution in [3.8, 4) is 6.07 Å². The van der Waals surface area contributed by atoms with Crippen molar-refractivity contribution in [3.05, 3.63) is 59.4 Å². The molecule has 17 heavy (non-hydrogen) atoms. The van der Waals surface area contributed by atoms with Crippen LogP contribution in [-0.2, 0) is 6.54 Å². The lowest BCUT2D eigenvalue weighted by Crippen LogP contribution is -2.01. The van der Waals surface area contributed by atoms with Gasteiger partial charge in [-0.05, 0) is 42.3 Å². The molecule has 0 bridgehead atoms. The third-order valence-electron chi connectivity index (χ3n) is 2.60. The van der Waals surface area contributed by atoms with Crippen molar-refractivity contribution in [2.24, 2.45) is 0 Å². The van der Waals surface area contributed by atoms with E-state index < -0.39 is 0 Å². The summed E-state index contributed by atoms with van der Waals surface area (Å²) in [6.07, 6.45) is 3.55. The Morgan fingerprint density at radius 3 is 2.71 bits per heavy atom. The van der Waals surface area contributed by atoms with Crippen molar-refractivity contribution in [1.82, 2.24) is 4.98 Å². The fourth-order valence-electron chi connectivity index (χ4n) is 1.58. The van der Waals surface area contributed by atoms with Gasteiger partial charge in [0.25, 0.3) is 0 Å². The number of nitriles is 1. The molecular weight excluding hydrogens is 210 g/mol. The van der Waals surface area contributed by atoms with E-state index in [9.17, 15) is 0 Å². The Morgan fingerprint density at radius 1 is 1.24 bits per heavy atom. The van der Waals surface area contributed by atoms with Crippen LogP contribution in [0, 0.1) is 18.3 Å². The second kappa shape index (κ2) is 5.13. The van der Waals surface area contributed by atoms with Crippen LogP contribution in [0.25, 0.3) is 0 Å². The van der Waals surface area contributed by atoms with Gasteiger partial charge in [-0.1, -0.05) is 6.07 Å². The van der Waals surface area contributed by atoms with E-state index in [4.69, 9.17) is 5.26 Å². The molecule has 0 saturated heterocycles. The standard InChI is InChI=1S/C14H13N3/c1-11-2-3-13(9-15)8-14(11)17-10-12-4-6-16-7-5-12/h2-8,17H,10H2,1H3. The van der Waals surface area contributed by atoms with Gasteiger partial charge >= 0.3 is 0 Å². The maximum absolute atomic E-state index is 8.85. The molecule has 0 unspecified atom stereocenters. The highest BCUT2D eigenvalue weighted by atomic mass is 14.9. The van der Waals surface area contributed by atoms with Gasteiger partial charge in [0.1, 0.15) is 0 Å². The first-order chi connectivity index (χ1) is 8.29. The summed E-state index contributed by atoms with van der Waals surface area (Å²) < 4.78 is 0. The van der Waals surface area contributed by atoms with Gasteiger partial charge in [0.15, 0.2) is 0 Å². The van der Waals surface area contributed by atoms with E-state index in [1.165, 1.54) is 5.56 Å². The van der Waals surface area contributed by atoms with Crippen molar-refractivity contribution in [3.63, 3.8) is 0 Å². The number of benzene rings is 1. The molecule has 3 heteroatoms. The van der Waals surface area contributed by atoms with Gasteiger partial charge in [-0.3, -0.25) is 4.98 Å². The molecule has 0 amide bonds. The van der Waals surface area contributed by atoms with Gasteiger partial charge in [0.2, 0.25) is 0 Å². The number of nitrogens with zero attached hydrogens (tertiary/aromatic N) is 2. The maximum Gasteiger partial charge on any atom is 0.0992 e. The zero-order valence-corrected chi connectivity index (χ0v) is 9.64. The first kappa shape index (κ1) is 11.2. The van der Waals surface area contributed by atoms with E-state index in [1.807, 2.05) is 37.3 Å². The molecule has 0 aliphatic rings. The van der Waals surface area contributed by atoms with Crippen LogP contribution in [0.1, 0.15) is 16.7 Å². The third-order valence-corrected chi connectivity index (χ3v) is 2.60. The summed E-state index contributed by atoms with van der Waals surface area (Å²) in [7, 11) is 0. The number of anilines is 1. The first-order valence-electron chi connectivity index (χ1n) is 5.43. The minimum atomic E-state index is 0.674. The zero-order chi connectivity index (χ0) is 12.1. The predicted molar refractivity (Wildman–Crippen MR) is 67.5 cm³/mol. The molecule has 0 saturated carbocycles. The summed E-state index contributed by atoms with van der Waals surface area (Å²) in [6, 6.07) is 11.7. The van der Waals surface area contributed by atoms with Crippen LogP contribution in [0.2, 0.25) is 0 Å². The number of aromatic nitrogens is 1. The Balaban J connectivity index is 2.12. The van der Waals surface area contributed by atoms with E-state index in [2.05, 4.69) is 16.4 Å². The summed E-state index contributed by atoms with van der Waals surface area (Å²) in [4.78, 5) is 3.97. The summed E-state index contributed by atoms with van der Waals surface area (Å²) >= 11 is 0. The molecule has 2 rings (SSSR count). The largest absolute Gasteiger partial charge is 0.381 e. The first-order valence-corrected chi connectivity index (χ1v) is 5.43. The normalized spacial score (nSPS) is 9.65. The molecule has 1 aromatic carbocycles. The summed E-state index contributed by atoms with van der Waals surface area (Å²) in [5.74, 6) is 0. The molecule has 1 N–H and O–H groups in total. The number of hydrogen-bond acceptors (Lipinski definition) is 3. The summed E-state index contributed by atoms with van der Waals surface area (Å²) in [5, 5.41) is 12.2. The number of hydrogen-bond donors (Lipinski definition) is 1. The van der Waals surface area contributed by atoms with E-state index in [0.717, 1.165) is 17.8 Å². The van der Waals surface area contributed by atoms with Gasteiger partial charge in [-0.2, -0.15) is 5.26 Å². The second-order valence-electron chi connectivity index (χ2n) is 3.85. The van der Waals surface area contributed by atoms with Crippen molar-refractivity contribution >= 4 is 5.69 Å². The summed E-state index contributed by atoms with van der Waals surface area (Å²) in [6.45, 7) is 2.76. The van der Waals surface area contributed by atoms with Crippen molar-refractivity contribution < 1.29 is 0 Å². The van der Waals surface area contributed by atoms with Crippen LogP contribution in [0.4, 0.5) is 5.69 Å². The molecule has 3 nitrogen and oxygen atoms in total. The van der Waals surface area contributed by atoms with Crippen LogP contribution >= 0.6 is 0 Å². The molecular formula is C14H13N3. The number of nitrogens with one attached hydrogen (secondary N) is 1. The van der Waals surface area contributed by atoms with Gasteiger partial charge in [-0.25, -0.2) is 0 Å². The summed E-state index contributed by atoms with van der Waals surface area (Å²) in [5.41, 5.74) is 3.98. The highest BCUT2D eigenvalue weighted by molar-refractivity contribution is 5.55. The molecule has 0 radical (unpaired) electrons. The van der Waals surface area contributed by atoms with Crippen LogP contribution in [0.5, 0.6) is 0 Å². The fraction of sp³-hybridized carbons (Fsp3) is 0.143. The number of rotatable bonds is 3. The van der Waals surface area contributed by atoms with E-state index in [-0.39, 0.29) is 0 Å². The van der Waals surface area contributed by atoms with Gasteiger partial charge in [0, 0.05) is 24.6 Å². The second-order valence-corrected chi connectivity index (χ2v) is 3.85. The average Bonchev–Trinajstić information content (AvgIpc) is 2.39. The van der Waals surface area contributed by atoms with E-state index in [1.54, 1.807) is 12.4 Å². The average molecular weight is 223 g/mol. The predicted octanol–water partition coefficient (Wildman–Crippen LogP) is 2.87. The van der Waals surface area contributed by atoms with Crippen LogP contribution in [0.15, 0.2) is 42.7 Å². The molecule has 0 aliphatic heterocycles. The smallest absolute Gasteiger partial charge is 0.0992 e. The SMILES string of the molecule is Cc1ccc(C#N)cc1NCc1ccncc1. The van der Waals surface area contributed by atoms with Gasteiger partial charge in [0.05, 0.1) is 11.6 Å². The van der Waals surface area contributed by atoms with E-state index in [0.29, 0.717) is 5.56 Å². The molecule has 2 aromatic rings. The molecule has 1 aromatic heterocycles. The molecule has 0 spiro atoms. The van der Waals surface area contributed by atoms with E-state index >= 15 is 0 Å². The lowest BCUT2D eigenvalue weighted by atomic mass is 10.1. The topological polar surface area (TPSA) is 48.7 Å². The third kappa shape index (κ3) is 2.82. The lowest BCUT2D eigenvalue weighted by Gasteiger charge is -2.09. The molecule has 0 atom stereocenters. The Bertz CT molecular complexity index is 541. The number of pyridine rings is 1. The van der Waals surface area contributed by atoms with Gasteiger partial charge in [-0.15, -0.1) is 0 Å². The molecule has 84 valence electrons.